The molecule has 0 saturated carbocycles. The lowest BCUT2D eigenvalue weighted by atomic mass is 10.2. The molecule has 1 heterocycles. The third kappa shape index (κ3) is 3.51. The van der Waals surface area contributed by atoms with Gasteiger partial charge in [-0.25, -0.2) is 0 Å². The second kappa shape index (κ2) is 5.70. The summed E-state index contributed by atoms with van der Waals surface area (Å²) >= 11 is 0. The molecule has 0 aliphatic carbocycles. The van der Waals surface area contributed by atoms with Crippen molar-refractivity contribution >= 4 is 11.8 Å². The van der Waals surface area contributed by atoms with Crippen molar-refractivity contribution in [1.82, 2.24) is 10.2 Å². The highest BCUT2D eigenvalue weighted by atomic mass is 16.3. The molecule has 1 atom stereocenters. The predicted octanol–water partition coefficient (Wildman–Crippen LogP) is -0.504. The molecule has 0 aromatic rings. The van der Waals surface area contributed by atoms with E-state index in [0.717, 1.165) is 19.4 Å². The molecular weight excluding hydrogens is 196 g/mol. The van der Waals surface area contributed by atoms with Crippen LogP contribution in [0.3, 0.4) is 0 Å². The zero-order chi connectivity index (χ0) is 11.3. The van der Waals surface area contributed by atoms with Crippen molar-refractivity contribution < 1.29 is 14.7 Å². The van der Waals surface area contributed by atoms with Crippen LogP contribution in [0, 0.1) is 0 Å². The number of carbonyl (C=O) groups excluding carboxylic acids is 2. The van der Waals surface area contributed by atoms with Gasteiger partial charge in [0.2, 0.25) is 11.8 Å². The van der Waals surface area contributed by atoms with Gasteiger partial charge in [-0.1, -0.05) is 0 Å². The lowest BCUT2D eigenvalue weighted by Gasteiger charge is -2.22. The van der Waals surface area contributed by atoms with Crippen molar-refractivity contribution in [3.8, 4) is 0 Å². The van der Waals surface area contributed by atoms with E-state index < -0.39 is 0 Å². The minimum Gasteiger partial charge on any atom is -0.394 e. The zero-order valence-electron chi connectivity index (χ0n) is 9.03. The van der Waals surface area contributed by atoms with Crippen LogP contribution in [0.4, 0.5) is 0 Å². The van der Waals surface area contributed by atoms with Crippen LogP contribution in [-0.2, 0) is 9.59 Å². The van der Waals surface area contributed by atoms with E-state index in [1.165, 1.54) is 6.92 Å². The van der Waals surface area contributed by atoms with E-state index in [4.69, 9.17) is 5.11 Å². The van der Waals surface area contributed by atoms with Crippen LogP contribution >= 0.6 is 0 Å². The summed E-state index contributed by atoms with van der Waals surface area (Å²) in [5.41, 5.74) is 0. The highest BCUT2D eigenvalue weighted by Crippen LogP contribution is 2.17. The number of carbonyl (C=O) groups is 2. The first-order valence-electron chi connectivity index (χ1n) is 5.30. The predicted molar refractivity (Wildman–Crippen MR) is 55.1 cm³/mol. The fourth-order valence-corrected chi connectivity index (χ4v) is 1.84. The molecule has 2 amide bonds. The van der Waals surface area contributed by atoms with Crippen molar-refractivity contribution in [3.63, 3.8) is 0 Å². The second-order valence-corrected chi connectivity index (χ2v) is 3.80. The number of aliphatic hydroxyl groups is 1. The largest absolute Gasteiger partial charge is 0.394 e. The Morgan fingerprint density at radius 3 is 2.87 bits per heavy atom. The summed E-state index contributed by atoms with van der Waals surface area (Å²) in [4.78, 5) is 24.0. The highest BCUT2D eigenvalue weighted by molar-refractivity contribution is 5.78. The number of rotatable bonds is 4. The van der Waals surface area contributed by atoms with Gasteiger partial charge in [0.05, 0.1) is 12.6 Å². The van der Waals surface area contributed by atoms with Gasteiger partial charge in [0.1, 0.15) is 0 Å². The van der Waals surface area contributed by atoms with E-state index >= 15 is 0 Å². The molecule has 1 rings (SSSR count). The van der Waals surface area contributed by atoms with Gasteiger partial charge in [-0.05, 0) is 12.8 Å². The average Bonchev–Trinajstić information content (AvgIpc) is 2.64. The smallest absolute Gasteiger partial charge is 0.224 e. The van der Waals surface area contributed by atoms with E-state index in [9.17, 15) is 9.59 Å². The van der Waals surface area contributed by atoms with Crippen molar-refractivity contribution in [1.29, 1.82) is 0 Å². The Labute approximate surface area is 89.4 Å². The van der Waals surface area contributed by atoms with Crippen LogP contribution in [-0.4, -0.2) is 47.6 Å². The number of likely N-dealkylation sites (tertiary alicyclic amines) is 1. The summed E-state index contributed by atoms with van der Waals surface area (Å²) in [5, 5.41) is 11.6. The fraction of sp³-hybridized carbons (Fsp3) is 0.800. The van der Waals surface area contributed by atoms with Gasteiger partial charge in [0.25, 0.3) is 0 Å². The summed E-state index contributed by atoms with van der Waals surface area (Å²) in [5.74, 6) is -0.108. The summed E-state index contributed by atoms with van der Waals surface area (Å²) in [6.07, 6.45) is 2.15. The molecule has 1 fully saturated rings. The van der Waals surface area contributed by atoms with Crippen LogP contribution in [0.25, 0.3) is 0 Å². The number of nitrogens with zero attached hydrogens (tertiary/aromatic N) is 1. The molecular formula is C10H18N2O3. The second-order valence-electron chi connectivity index (χ2n) is 3.80. The molecule has 0 aromatic carbocycles. The Balaban J connectivity index is 2.29. The number of aliphatic hydroxyl groups excluding tert-OH is 1. The molecule has 1 aliphatic rings. The van der Waals surface area contributed by atoms with Crippen molar-refractivity contribution in [2.24, 2.45) is 0 Å². The van der Waals surface area contributed by atoms with E-state index in [1.54, 1.807) is 4.90 Å². The Bertz CT molecular complexity index is 243. The zero-order valence-corrected chi connectivity index (χ0v) is 9.03. The Kier molecular flexibility index (Phi) is 4.55. The Morgan fingerprint density at radius 2 is 2.27 bits per heavy atom. The monoisotopic (exact) mass is 214 g/mol. The molecule has 2 N–H and O–H groups in total. The number of hydrogen-bond donors (Lipinski definition) is 2. The first-order chi connectivity index (χ1) is 7.15. The summed E-state index contributed by atoms with van der Waals surface area (Å²) < 4.78 is 0. The maximum absolute atomic E-state index is 11.7. The third-order valence-electron chi connectivity index (χ3n) is 2.62. The van der Waals surface area contributed by atoms with Crippen LogP contribution in [0.2, 0.25) is 0 Å². The van der Waals surface area contributed by atoms with Crippen molar-refractivity contribution in [2.75, 3.05) is 19.7 Å². The molecule has 0 aromatic heterocycles. The average molecular weight is 214 g/mol. The van der Waals surface area contributed by atoms with E-state index in [-0.39, 0.29) is 24.5 Å². The Morgan fingerprint density at radius 1 is 1.53 bits per heavy atom. The summed E-state index contributed by atoms with van der Waals surface area (Å²) in [7, 11) is 0. The number of nitrogens with one attached hydrogen (secondary N) is 1. The summed E-state index contributed by atoms with van der Waals surface area (Å²) in [6.45, 7) is 2.57. The molecule has 1 aliphatic heterocycles. The molecule has 1 saturated heterocycles. The van der Waals surface area contributed by atoms with Crippen LogP contribution in [0.15, 0.2) is 0 Å². The van der Waals surface area contributed by atoms with Crippen LogP contribution < -0.4 is 5.32 Å². The molecule has 86 valence electrons. The van der Waals surface area contributed by atoms with Gasteiger partial charge < -0.3 is 15.3 Å². The minimum absolute atomic E-state index is 0.0142. The van der Waals surface area contributed by atoms with E-state index in [1.807, 2.05) is 0 Å². The third-order valence-corrected chi connectivity index (χ3v) is 2.62. The minimum atomic E-state index is -0.122. The molecule has 0 spiro atoms. The van der Waals surface area contributed by atoms with Gasteiger partial charge in [0.15, 0.2) is 0 Å². The van der Waals surface area contributed by atoms with Crippen molar-refractivity contribution in [3.05, 3.63) is 0 Å². The molecule has 5 heteroatoms. The summed E-state index contributed by atoms with van der Waals surface area (Å²) in [6, 6.07) is -0.0187. The quantitative estimate of drug-likeness (QED) is 0.662. The first-order valence-corrected chi connectivity index (χ1v) is 5.30. The number of amides is 2. The van der Waals surface area contributed by atoms with Gasteiger partial charge in [-0.15, -0.1) is 0 Å². The van der Waals surface area contributed by atoms with Gasteiger partial charge in [-0.3, -0.25) is 9.59 Å². The SMILES string of the molecule is CC(=O)NCCC(=O)N1CCCC1CO. The highest BCUT2D eigenvalue weighted by Gasteiger charge is 2.27. The number of hydrogen-bond acceptors (Lipinski definition) is 3. The topological polar surface area (TPSA) is 69.6 Å². The molecule has 5 nitrogen and oxygen atoms in total. The van der Waals surface area contributed by atoms with Crippen LogP contribution in [0.1, 0.15) is 26.2 Å². The van der Waals surface area contributed by atoms with Gasteiger partial charge >= 0.3 is 0 Å². The van der Waals surface area contributed by atoms with E-state index in [0.29, 0.717) is 13.0 Å². The lowest BCUT2D eigenvalue weighted by molar-refractivity contribution is -0.132. The lowest BCUT2D eigenvalue weighted by Crippen LogP contribution is -2.39. The van der Waals surface area contributed by atoms with Crippen LogP contribution in [0.5, 0.6) is 0 Å². The molecule has 1 unspecified atom stereocenters. The first kappa shape index (κ1) is 12.0. The van der Waals surface area contributed by atoms with Gasteiger partial charge in [0, 0.05) is 26.4 Å². The van der Waals surface area contributed by atoms with Gasteiger partial charge in [-0.2, -0.15) is 0 Å². The fourth-order valence-electron chi connectivity index (χ4n) is 1.84. The molecule has 0 bridgehead atoms. The molecule has 0 radical (unpaired) electrons. The standard InChI is InChI=1S/C10H18N2O3/c1-8(14)11-5-4-10(15)12-6-2-3-9(12)7-13/h9,13H,2-7H2,1H3,(H,11,14). The maximum Gasteiger partial charge on any atom is 0.224 e. The van der Waals surface area contributed by atoms with E-state index in [2.05, 4.69) is 5.32 Å². The maximum atomic E-state index is 11.7. The normalized spacial score (nSPS) is 20.4. The van der Waals surface area contributed by atoms with Crippen molar-refractivity contribution in [2.45, 2.75) is 32.2 Å². The molecule has 15 heavy (non-hydrogen) atoms. The Hall–Kier alpha value is -1.10.